The van der Waals surface area contributed by atoms with Gasteiger partial charge in [-0.1, -0.05) is 6.07 Å². The number of aromatic nitrogens is 2. The van der Waals surface area contributed by atoms with Crippen LogP contribution in [-0.4, -0.2) is 40.0 Å². The summed E-state index contributed by atoms with van der Waals surface area (Å²) in [6.45, 7) is 6.68. The minimum absolute atomic E-state index is 0.718. The van der Waals surface area contributed by atoms with Gasteiger partial charge in [-0.2, -0.15) is 0 Å². The van der Waals surface area contributed by atoms with E-state index < -0.39 is 0 Å². The number of fused-ring (bicyclic) bond motifs is 2. The Hall–Kier alpha value is -1.39. The second-order valence-corrected chi connectivity index (χ2v) is 6.30. The van der Waals surface area contributed by atoms with Crippen LogP contribution in [0.4, 0.5) is 0 Å². The van der Waals surface area contributed by atoms with E-state index in [0.717, 1.165) is 30.7 Å². The summed E-state index contributed by atoms with van der Waals surface area (Å²) in [5.74, 6) is 0.850. The molecule has 4 nitrogen and oxygen atoms in total. The summed E-state index contributed by atoms with van der Waals surface area (Å²) in [5, 5.41) is 3.55. The summed E-state index contributed by atoms with van der Waals surface area (Å²) in [7, 11) is 0. The molecule has 2 atom stereocenters. The minimum atomic E-state index is 0.718. The Balaban J connectivity index is 1.57. The average molecular weight is 270 g/mol. The highest BCUT2D eigenvalue weighted by molar-refractivity contribution is 5.41. The van der Waals surface area contributed by atoms with Crippen LogP contribution in [-0.2, 0) is 6.54 Å². The molecular weight excluding hydrogens is 248 g/mol. The molecule has 4 rings (SSSR count). The van der Waals surface area contributed by atoms with E-state index in [1.54, 1.807) is 0 Å². The van der Waals surface area contributed by atoms with Crippen LogP contribution in [0, 0.1) is 12.8 Å². The predicted molar refractivity (Wildman–Crippen MR) is 79.7 cm³/mol. The van der Waals surface area contributed by atoms with Crippen LogP contribution in [0.15, 0.2) is 24.5 Å². The van der Waals surface area contributed by atoms with E-state index in [9.17, 15) is 0 Å². The summed E-state index contributed by atoms with van der Waals surface area (Å²) in [4.78, 5) is 7.39. The third-order valence-electron chi connectivity index (χ3n) is 4.81. The first-order valence-corrected chi connectivity index (χ1v) is 7.68. The monoisotopic (exact) mass is 270 g/mol. The van der Waals surface area contributed by atoms with E-state index in [1.807, 2.05) is 0 Å². The first-order chi connectivity index (χ1) is 9.79. The summed E-state index contributed by atoms with van der Waals surface area (Å²) < 4.78 is 2.15. The molecule has 2 aliphatic heterocycles. The zero-order valence-electron chi connectivity index (χ0n) is 12.0. The molecule has 1 N–H and O–H groups in total. The Morgan fingerprint density at radius 2 is 2.25 bits per heavy atom. The Morgan fingerprint density at radius 1 is 1.30 bits per heavy atom. The smallest absolute Gasteiger partial charge is 0.137 e. The van der Waals surface area contributed by atoms with Crippen molar-refractivity contribution in [3.8, 4) is 0 Å². The molecule has 0 aromatic carbocycles. The van der Waals surface area contributed by atoms with Gasteiger partial charge in [0.25, 0.3) is 0 Å². The van der Waals surface area contributed by atoms with Crippen LogP contribution in [0.3, 0.4) is 0 Å². The number of aryl methyl sites for hydroxylation is 1. The molecule has 0 radical (unpaired) electrons. The predicted octanol–water partition coefficient (Wildman–Crippen LogP) is 1.83. The van der Waals surface area contributed by atoms with Gasteiger partial charge in [0.15, 0.2) is 0 Å². The average Bonchev–Trinajstić information content (AvgIpc) is 3.04. The maximum absolute atomic E-state index is 4.76. The van der Waals surface area contributed by atoms with E-state index in [4.69, 9.17) is 4.98 Å². The molecule has 2 fully saturated rings. The van der Waals surface area contributed by atoms with Crippen LogP contribution >= 0.6 is 0 Å². The lowest BCUT2D eigenvalue weighted by Crippen LogP contribution is -2.44. The largest absolute Gasteiger partial charge is 0.315 e. The van der Waals surface area contributed by atoms with Crippen LogP contribution in [0.2, 0.25) is 0 Å². The fraction of sp³-hybridized carbons (Fsp3) is 0.562. The fourth-order valence-electron chi connectivity index (χ4n) is 3.80. The molecule has 2 saturated heterocycles. The van der Waals surface area contributed by atoms with Gasteiger partial charge in [-0.15, -0.1) is 0 Å². The standard InChI is InChI=1S/C16H22N4/c1-12-4-5-16-18-14(11-20(16)9-12)10-19-6-2-3-13-7-17-8-15(13)19/h4-5,9,11,13,15,17H,2-3,6-8,10H2,1H3. The van der Waals surface area contributed by atoms with Gasteiger partial charge in [-0.3, -0.25) is 4.90 Å². The van der Waals surface area contributed by atoms with Gasteiger partial charge in [0.2, 0.25) is 0 Å². The van der Waals surface area contributed by atoms with Crippen molar-refractivity contribution in [2.75, 3.05) is 19.6 Å². The molecule has 20 heavy (non-hydrogen) atoms. The van der Waals surface area contributed by atoms with Crippen molar-refractivity contribution in [1.82, 2.24) is 19.6 Å². The van der Waals surface area contributed by atoms with Crippen LogP contribution < -0.4 is 5.32 Å². The topological polar surface area (TPSA) is 32.6 Å². The van der Waals surface area contributed by atoms with Crippen molar-refractivity contribution in [2.45, 2.75) is 32.4 Å². The molecule has 106 valence electrons. The van der Waals surface area contributed by atoms with Crippen molar-refractivity contribution in [2.24, 2.45) is 5.92 Å². The molecule has 4 heteroatoms. The molecular formula is C16H22N4. The van der Waals surface area contributed by atoms with Gasteiger partial charge >= 0.3 is 0 Å². The van der Waals surface area contributed by atoms with Gasteiger partial charge in [0.1, 0.15) is 5.65 Å². The molecule has 2 aliphatic rings. The summed E-state index contributed by atoms with van der Waals surface area (Å²) >= 11 is 0. The van der Waals surface area contributed by atoms with Gasteiger partial charge in [-0.05, 0) is 50.4 Å². The second-order valence-electron chi connectivity index (χ2n) is 6.30. The van der Waals surface area contributed by atoms with Crippen molar-refractivity contribution in [3.05, 3.63) is 35.8 Å². The first kappa shape index (κ1) is 12.4. The van der Waals surface area contributed by atoms with E-state index in [0.29, 0.717) is 0 Å². The minimum Gasteiger partial charge on any atom is -0.315 e. The SMILES string of the molecule is Cc1ccc2nc(CN3CCCC4CNCC43)cn2c1. The van der Waals surface area contributed by atoms with Crippen molar-refractivity contribution < 1.29 is 0 Å². The van der Waals surface area contributed by atoms with Crippen molar-refractivity contribution >= 4 is 5.65 Å². The van der Waals surface area contributed by atoms with Crippen LogP contribution in [0.1, 0.15) is 24.1 Å². The Bertz CT molecular complexity index is 618. The molecule has 0 saturated carbocycles. The van der Waals surface area contributed by atoms with E-state index >= 15 is 0 Å². The Labute approximate surface area is 119 Å². The molecule has 2 unspecified atom stereocenters. The maximum atomic E-state index is 4.76. The molecule has 0 bridgehead atoms. The highest BCUT2D eigenvalue weighted by Crippen LogP contribution is 2.27. The number of pyridine rings is 1. The van der Waals surface area contributed by atoms with Gasteiger partial charge in [0.05, 0.1) is 5.69 Å². The van der Waals surface area contributed by atoms with Crippen LogP contribution in [0.5, 0.6) is 0 Å². The number of nitrogens with zero attached hydrogens (tertiary/aromatic N) is 3. The number of imidazole rings is 1. The lowest BCUT2D eigenvalue weighted by atomic mass is 9.92. The number of piperidine rings is 1. The molecule has 0 spiro atoms. The first-order valence-electron chi connectivity index (χ1n) is 7.68. The summed E-state index contributed by atoms with van der Waals surface area (Å²) in [6.07, 6.45) is 7.06. The van der Waals surface area contributed by atoms with Crippen LogP contribution in [0.25, 0.3) is 5.65 Å². The Morgan fingerprint density at radius 3 is 3.20 bits per heavy atom. The number of hydrogen-bond acceptors (Lipinski definition) is 3. The van der Waals surface area contributed by atoms with Gasteiger partial charge < -0.3 is 9.72 Å². The molecule has 2 aromatic rings. The summed E-state index contributed by atoms with van der Waals surface area (Å²) in [5.41, 5.74) is 3.53. The highest BCUT2D eigenvalue weighted by atomic mass is 15.2. The highest BCUT2D eigenvalue weighted by Gasteiger charge is 2.34. The van der Waals surface area contributed by atoms with E-state index in [2.05, 4.69) is 46.1 Å². The number of rotatable bonds is 2. The molecule has 0 aliphatic carbocycles. The Kier molecular flexibility index (Phi) is 3.00. The number of likely N-dealkylation sites (tertiary alicyclic amines) is 1. The lowest BCUT2D eigenvalue weighted by Gasteiger charge is -2.36. The normalized spacial score (nSPS) is 27.1. The zero-order chi connectivity index (χ0) is 13.5. The molecule has 0 amide bonds. The third-order valence-corrected chi connectivity index (χ3v) is 4.81. The maximum Gasteiger partial charge on any atom is 0.137 e. The van der Waals surface area contributed by atoms with Gasteiger partial charge in [0, 0.05) is 31.5 Å². The number of hydrogen-bond donors (Lipinski definition) is 1. The van der Waals surface area contributed by atoms with Crippen molar-refractivity contribution in [3.63, 3.8) is 0 Å². The molecule has 4 heterocycles. The number of nitrogens with one attached hydrogen (secondary N) is 1. The fourth-order valence-corrected chi connectivity index (χ4v) is 3.80. The second kappa shape index (κ2) is 4.86. The quantitative estimate of drug-likeness (QED) is 0.903. The van der Waals surface area contributed by atoms with Gasteiger partial charge in [-0.25, -0.2) is 4.98 Å². The van der Waals surface area contributed by atoms with E-state index in [-0.39, 0.29) is 0 Å². The third kappa shape index (κ3) is 2.13. The van der Waals surface area contributed by atoms with Crippen molar-refractivity contribution in [1.29, 1.82) is 0 Å². The molecule has 2 aromatic heterocycles. The zero-order valence-corrected chi connectivity index (χ0v) is 12.0. The summed E-state index contributed by atoms with van der Waals surface area (Å²) in [6, 6.07) is 4.95. The lowest BCUT2D eigenvalue weighted by molar-refractivity contribution is 0.116. The van der Waals surface area contributed by atoms with E-state index in [1.165, 1.54) is 37.2 Å².